The monoisotopic (exact) mass is 352 g/mol. The van der Waals surface area contributed by atoms with Gasteiger partial charge < -0.3 is 10.1 Å². The maximum Gasteiger partial charge on any atom is 0.165 e. The Kier molecular flexibility index (Phi) is 5.70. The van der Waals surface area contributed by atoms with E-state index in [2.05, 4.69) is 26.2 Å². The molecule has 0 saturated carbocycles. The number of likely N-dealkylation sites (N-methyl/N-ethyl adjacent to an activating group) is 1. The smallest absolute Gasteiger partial charge is 0.165 e. The van der Waals surface area contributed by atoms with Crippen LogP contribution in [-0.2, 0) is 6.42 Å². The fourth-order valence-corrected chi connectivity index (χ4v) is 2.42. The molecular weight excluding hydrogens is 335 g/mol. The average molecular weight is 353 g/mol. The van der Waals surface area contributed by atoms with Crippen molar-refractivity contribution in [2.45, 2.75) is 19.4 Å². The Bertz CT molecular complexity index is 589. The van der Waals surface area contributed by atoms with Gasteiger partial charge >= 0.3 is 0 Å². The van der Waals surface area contributed by atoms with Crippen LogP contribution in [0.5, 0.6) is 5.75 Å². The van der Waals surface area contributed by atoms with Crippen molar-refractivity contribution in [2.24, 2.45) is 0 Å². The van der Waals surface area contributed by atoms with Crippen LogP contribution in [0.1, 0.15) is 24.2 Å². The Labute approximate surface area is 132 Å². The Morgan fingerprint density at radius 3 is 2.76 bits per heavy atom. The largest absolute Gasteiger partial charge is 0.494 e. The molecule has 1 atom stereocenters. The molecule has 0 spiro atoms. The number of hydrogen-bond acceptors (Lipinski definition) is 3. The van der Waals surface area contributed by atoms with Crippen molar-refractivity contribution in [3.05, 3.63) is 58.1 Å². The number of hydrogen-bond donors (Lipinski definition) is 1. The average Bonchev–Trinajstić information content (AvgIpc) is 2.49. The minimum absolute atomic E-state index is 0.0678. The molecule has 0 aliphatic carbocycles. The van der Waals surface area contributed by atoms with Gasteiger partial charge in [0, 0.05) is 28.8 Å². The van der Waals surface area contributed by atoms with E-state index in [0.717, 1.165) is 28.7 Å². The molecule has 5 heteroatoms. The summed E-state index contributed by atoms with van der Waals surface area (Å²) in [5.41, 5.74) is 1.97. The molecule has 1 heterocycles. The number of halogens is 2. The van der Waals surface area contributed by atoms with Gasteiger partial charge in [0.25, 0.3) is 0 Å². The first-order valence-electron chi connectivity index (χ1n) is 6.81. The van der Waals surface area contributed by atoms with Crippen molar-refractivity contribution < 1.29 is 9.13 Å². The van der Waals surface area contributed by atoms with E-state index in [9.17, 15) is 4.39 Å². The first kappa shape index (κ1) is 15.9. The summed E-state index contributed by atoms with van der Waals surface area (Å²) >= 11 is 3.38. The van der Waals surface area contributed by atoms with Gasteiger partial charge in [-0.15, -0.1) is 0 Å². The van der Waals surface area contributed by atoms with Crippen LogP contribution in [0.15, 0.2) is 41.0 Å². The second kappa shape index (κ2) is 7.52. The van der Waals surface area contributed by atoms with Gasteiger partial charge in [-0.1, -0.05) is 13.0 Å². The summed E-state index contributed by atoms with van der Waals surface area (Å²) in [7, 11) is 1.47. The maximum atomic E-state index is 13.5. The van der Waals surface area contributed by atoms with Crippen molar-refractivity contribution in [1.29, 1.82) is 0 Å². The van der Waals surface area contributed by atoms with E-state index in [1.807, 2.05) is 19.1 Å². The summed E-state index contributed by atoms with van der Waals surface area (Å²) in [6.45, 7) is 2.86. The molecule has 21 heavy (non-hydrogen) atoms. The molecule has 0 aliphatic rings. The Morgan fingerprint density at radius 2 is 2.14 bits per heavy atom. The van der Waals surface area contributed by atoms with Crippen LogP contribution < -0.4 is 10.1 Å². The van der Waals surface area contributed by atoms with E-state index in [4.69, 9.17) is 4.74 Å². The number of nitrogens with one attached hydrogen (secondary N) is 1. The number of ether oxygens (including phenoxy) is 1. The second-order valence-electron chi connectivity index (χ2n) is 4.68. The third-order valence-corrected chi connectivity index (χ3v) is 3.70. The second-order valence-corrected chi connectivity index (χ2v) is 5.59. The maximum absolute atomic E-state index is 13.5. The van der Waals surface area contributed by atoms with E-state index >= 15 is 0 Å². The SMILES string of the molecule is CCNC(Cc1ccc(Br)cn1)c1ccc(F)c(OC)c1. The van der Waals surface area contributed by atoms with Crippen LogP contribution in [0.3, 0.4) is 0 Å². The lowest BCUT2D eigenvalue weighted by molar-refractivity contribution is 0.384. The van der Waals surface area contributed by atoms with E-state index in [1.165, 1.54) is 13.2 Å². The molecule has 112 valence electrons. The van der Waals surface area contributed by atoms with Crippen LogP contribution >= 0.6 is 15.9 Å². The van der Waals surface area contributed by atoms with Crippen molar-refractivity contribution in [3.8, 4) is 5.75 Å². The first-order valence-corrected chi connectivity index (χ1v) is 7.60. The summed E-state index contributed by atoms with van der Waals surface area (Å²) < 4.78 is 19.5. The predicted octanol–water partition coefficient (Wildman–Crippen LogP) is 3.89. The molecule has 1 N–H and O–H groups in total. The standard InChI is InChI=1S/C16H18BrFN2O/c1-3-19-15(9-13-6-5-12(17)10-20-13)11-4-7-14(18)16(8-11)21-2/h4-8,10,15,19H,3,9H2,1-2H3. The van der Waals surface area contributed by atoms with Crippen LogP contribution in [0, 0.1) is 5.82 Å². The van der Waals surface area contributed by atoms with Gasteiger partial charge in [-0.05, 0) is 52.3 Å². The lowest BCUT2D eigenvalue weighted by Crippen LogP contribution is -2.23. The van der Waals surface area contributed by atoms with E-state index < -0.39 is 0 Å². The molecule has 2 rings (SSSR count). The summed E-state index contributed by atoms with van der Waals surface area (Å²) in [6, 6.07) is 8.98. The lowest BCUT2D eigenvalue weighted by Gasteiger charge is -2.19. The molecule has 1 unspecified atom stereocenters. The summed E-state index contributed by atoms with van der Waals surface area (Å²) in [5.74, 6) is -0.0857. The number of nitrogens with zero attached hydrogens (tertiary/aromatic N) is 1. The van der Waals surface area contributed by atoms with E-state index in [1.54, 1.807) is 18.3 Å². The van der Waals surface area contributed by atoms with Gasteiger partial charge in [-0.2, -0.15) is 0 Å². The third-order valence-electron chi connectivity index (χ3n) is 3.23. The first-order chi connectivity index (χ1) is 10.1. The fourth-order valence-electron chi connectivity index (χ4n) is 2.18. The van der Waals surface area contributed by atoms with Crippen molar-refractivity contribution in [1.82, 2.24) is 10.3 Å². The van der Waals surface area contributed by atoms with Crippen LogP contribution in [0.2, 0.25) is 0 Å². The lowest BCUT2D eigenvalue weighted by atomic mass is 10.0. The van der Waals surface area contributed by atoms with Gasteiger partial charge in [0.15, 0.2) is 11.6 Å². The molecule has 0 radical (unpaired) electrons. The van der Waals surface area contributed by atoms with E-state index in [0.29, 0.717) is 0 Å². The zero-order valence-corrected chi connectivity index (χ0v) is 13.7. The molecule has 0 amide bonds. The zero-order valence-electron chi connectivity index (χ0n) is 12.1. The zero-order chi connectivity index (χ0) is 15.2. The number of pyridine rings is 1. The van der Waals surface area contributed by atoms with Gasteiger partial charge in [-0.25, -0.2) is 4.39 Å². The molecule has 1 aromatic heterocycles. The number of benzene rings is 1. The molecule has 0 aliphatic heterocycles. The number of methoxy groups -OCH3 is 1. The van der Waals surface area contributed by atoms with Crippen molar-refractivity contribution >= 4 is 15.9 Å². The highest BCUT2D eigenvalue weighted by atomic mass is 79.9. The van der Waals surface area contributed by atoms with Crippen LogP contribution in [0.25, 0.3) is 0 Å². The summed E-state index contributed by atoms with van der Waals surface area (Å²) in [4.78, 5) is 4.39. The van der Waals surface area contributed by atoms with E-state index in [-0.39, 0.29) is 17.6 Å². The Hall–Kier alpha value is -1.46. The minimum Gasteiger partial charge on any atom is -0.494 e. The Morgan fingerprint density at radius 1 is 1.33 bits per heavy atom. The molecule has 1 aromatic carbocycles. The number of rotatable bonds is 6. The van der Waals surface area contributed by atoms with Crippen molar-refractivity contribution in [2.75, 3.05) is 13.7 Å². The normalized spacial score (nSPS) is 12.2. The summed E-state index contributed by atoms with van der Waals surface area (Å²) in [5, 5.41) is 3.40. The molecule has 3 nitrogen and oxygen atoms in total. The van der Waals surface area contributed by atoms with Gasteiger partial charge in [-0.3, -0.25) is 4.98 Å². The molecule has 2 aromatic rings. The minimum atomic E-state index is -0.349. The predicted molar refractivity (Wildman–Crippen MR) is 85.0 cm³/mol. The molecule has 0 bridgehead atoms. The Balaban J connectivity index is 2.23. The topological polar surface area (TPSA) is 34.2 Å². The summed E-state index contributed by atoms with van der Waals surface area (Å²) in [6.07, 6.45) is 2.51. The van der Waals surface area contributed by atoms with Gasteiger partial charge in [0.05, 0.1) is 7.11 Å². The highest BCUT2D eigenvalue weighted by molar-refractivity contribution is 9.10. The van der Waals surface area contributed by atoms with Gasteiger partial charge in [0.1, 0.15) is 0 Å². The molecule has 0 fully saturated rings. The molecule has 0 saturated heterocycles. The third kappa shape index (κ3) is 4.25. The fraction of sp³-hybridized carbons (Fsp3) is 0.312. The van der Waals surface area contributed by atoms with Crippen molar-refractivity contribution in [3.63, 3.8) is 0 Å². The quantitative estimate of drug-likeness (QED) is 0.856. The van der Waals surface area contributed by atoms with Crippen LogP contribution in [-0.4, -0.2) is 18.6 Å². The molecular formula is C16H18BrFN2O. The van der Waals surface area contributed by atoms with Gasteiger partial charge in [0.2, 0.25) is 0 Å². The number of aromatic nitrogens is 1. The van der Waals surface area contributed by atoms with Crippen LogP contribution in [0.4, 0.5) is 4.39 Å². The highest BCUT2D eigenvalue weighted by Gasteiger charge is 2.14. The highest BCUT2D eigenvalue weighted by Crippen LogP contribution is 2.25.